The summed E-state index contributed by atoms with van der Waals surface area (Å²) in [5.74, 6) is -1.47. The van der Waals surface area contributed by atoms with E-state index < -0.39 is 17.8 Å². The molecule has 2 amide bonds. The molecule has 28 heavy (non-hydrogen) atoms. The van der Waals surface area contributed by atoms with E-state index >= 15 is 0 Å². The number of rotatable bonds is 6. The fourth-order valence-electron chi connectivity index (χ4n) is 3.42. The van der Waals surface area contributed by atoms with Gasteiger partial charge in [-0.25, -0.2) is 0 Å². The third kappa shape index (κ3) is 5.01. The van der Waals surface area contributed by atoms with Crippen LogP contribution in [0.4, 0.5) is 11.4 Å². The van der Waals surface area contributed by atoms with Crippen molar-refractivity contribution in [1.82, 2.24) is 4.90 Å². The van der Waals surface area contributed by atoms with Gasteiger partial charge in [-0.05, 0) is 38.1 Å². The van der Waals surface area contributed by atoms with E-state index in [9.17, 15) is 14.4 Å². The first-order valence-corrected chi connectivity index (χ1v) is 9.62. The number of ether oxygens (including phenoxy) is 2. The summed E-state index contributed by atoms with van der Waals surface area (Å²) in [6.45, 7) is 6.92. The normalized spacial score (nSPS) is 19.8. The fraction of sp³-hybridized carbons (Fsp3) is 0.550. The van der Waals surface area contributed by atoms with Gasteiger partial charge in [0.2, 0.25) is 5.91 Å². The average Bonchev–Trinajstić information content (AvgIpc) is 3.09. The highest BCUT2D eigenvalue weighted by Gasteiger charge is 2.36. The number of hydrogen-bond acceptors (Lipinski definition) is 6. The Morgan fingerprint density at radius 2 is 1.89 bits per heavy atom. The molecule has 0 aromatic heterocycles. The number of nitrogens with one attached hydrogen (secondary N) is 1. The highest BCUT2D eigenvalue weighted by Crippen LogP contribution is 2.22. The molecule has 0 aliphatic carbocycles. The first-order valence-electron chi connectivity index (χ1n) is 9.62. The minimum atomic E-state index is -0.505. The van der Waals surface area contributed by atoms with Crippen molar-refractivity contribution in [1.29, 1.82) is 0 Å². The number of morpholine rings is 1. The van der Waals surface area contributed by atoms with Crippen LogP contribution in [0.15, 0.2) is 24.3 Å². The number of anilines is 2. The van der Waals surface area contributed by atoms with E-state index in [4.69, 9.17) is 9.47 Å². The second-order valence-electron chi connectivity index (χ2n) is 7.34. The molecule has 3 rings (SSSR count). The van der Waals surface area contributed by atoms with Gasteiger partial charge in [0.1, 0.15) is 0 Å². The van der Waals surface area contributed by atoms with Crippen LogP contribution in [0.1, 0.15) is 20.3 Å². The van der Waals surface area contributed by atoms with Crippen molar-refractivity contribution in [2.75, 3.05) is 49.7 Å². The van der Waals surface area contributed by atoms with Crippen molar-refractivity contribution in [2.24, 2.45) is 5.92 Å². The van der Waals surface area contributed by atoms with E-state index in [2.05, 4.69) is 10.2 Å². The number of hydrogen-bond donors (Lipinski definition) is 1. The average molecular weight is 389 g/mol. The van der Waals surface area contributed by atoms with E-state index in [1.54, 1.807) is 4.90 Å². The van der Waals surface area contributed by atoms with E-state index in [0.29, 0.717) is 25.4 Å². The van der Waals surface area contributed by atoms with E-state index in [0.717, 1.165) is 18.8 Å². The number of nitrogens with zero attached hydrogens (tertiary/aromatic N) is 2. The Labute approximate surface area is 164 Å². The Morgan fingerprint density at radius 3 is 2.50 bits per heavy atom. The van der Waals surface area contributed by atoms with Crippen molar-refractivity contribution < 1.29 is 23.9 Å². The molecule has 152 valence electrons. The molecular formula is C20H27N3O5. The van der Waals surface area contributed by atoms with Gasteiger partial charge in [0.25, 0.3) is 5.91 Å². The van der Waals surface area contributed by atoms with Gasteiger partial charge in [-0.3, -0.25) is 14.4 Å². The van der Waals surface area contributed by atoms with Gasteiger partial charge in [-0.1, -0.05) is 0 Å². The lowest BCUT2D eigenvalue weighted by molar-refractivity contribution is -0.151. The van der Waals surface area contributed by atoms with E-state index in [1.807, 2.05) is 38.1 Å². The van der Waals surface area contributed by atoms with Gasteiger partial charge in [-0.15, -0.1) is 0 Å². The van der Waals surface area contributed by atoms with Crippen LogP contribution in [0.2, 0.25) is 0 Å². The molecule has 1 aromatic rings. The molecule has 0 bridgehead atoms. The number of carbonyl (C=O) groups is 3. The molecule has 1 N–H and O–H groups in total. The second-order valence-corrected chi connectivity index (χ2v) is 7.34. The lowest BCUT2D eigenvalue weighted by Crippen LogP contribution is -2.36. The van der Waals surface area contributed by atoms with Crippen LogP contribution >= 0.6 is 0 Å². The number of carbonyl (C=O) groups excluding carboxylic acids is 3. The Kier molecular flexibility index (Phi) is 6.51. The molecule has 0 radical (unpaired) electrons. The quantitative estimate of drug-likeness (QED) is 0.737. The molecule has 2 aliphatic heterocycles. The number of esters is 1. The highest BCUT2D eigenvalue weighted by molar-refractivity contribution is 5.93. The molecule has 2 heterocycles. The molecule has 8 heteroatoms. The maximum Gasteiger partial charge on any atom is 0.311 e. The third-order valence-electron chi connectivity index (χ3n) is 4.99. The standard InChI is InChI=1S/C20H27N3O5/c1-14(2)23-12-15(11-19(23)25)20(26)28-13-18(24)21-16-3-5-17(6-4-16)22-7-9-27-10-8-22/h3-6,14-15H,7-13H2,1-2H3,(H,21,24). The van der Waals surface area contributed by atoms with Crippen molar-refractivity contribution >= 4 is 29.2 Å². The van der Waals surface area contributed by atoms with Gasteiger partial charge < -0.3 is 24.6 Å². The van der Waals surface area contributed by atoms with Gasteiger partial charge in [0.15, 0.2) is 6.61 Å². The molecule has 2 aliphatic rings. The molecule has 1 aromatic carbocycles. The maximum absolute atomic E-state index is 12.1. The van der Waals surface area contributed by atoms with Crippen molar-refractivity contribution in [3.63, 3.8) is 0 Å². The number of benzene rings is 1. The predicted molar refractivity (Wildman–Crippen MR) is 104 cm³/mol. The van der Waals surface area contributed by atoms with Crippen LogP contribution < -0.4 is 10.2 Å². The van der Waals surface area contributed by atoms with Gasteiger partial charge in [-0.2, -0.15) is 0 Å². The fourth-order valence-corrected chi connectivity index (χ4v) is 3.42. The SMILES string of the molecule is CC(C)N1CC(C(=O)OCC(=O)Nc2ccc(N3CCOCC3)cc2)CC1=O. The zero-order valence-electron chi connectivity index (χ0n) is 16.3. The first-order chi connectivity index (χ1) is 13.4. The highest BCUT2D eigenvalue weighted by atomic mass is 16.5. The number of amides is 2. The van der Waals surface area contributed by atoms with Crippen LogP contribution in [0.5, 0.6) is 0 Å². The van der Waals surface area contributed by atoms with Gasteiger partial charge in [0.05, 0.1) is 19.1 Å². The Balaban J connectivity index is 1.44. The minimum Gasteiger partial charge on any atom is -0.455 e. The lowest BCUT2D eigenvalue weighted by Gasteiger charge is -2.28. The Morgan fingerprint density at radius 1 is 1.21 bits per heavy atom. The summed E-state index contributed by atoms with van der Waals surface area (Å²) in [6.07, 6.45) is 0.141. The monoisotopic (exact) mass is 389 g/mol. The van der Waals surface area contributed by atoms with Crippen LogP contribution in [-0.4, -0.2) is 68.2 Å². The minimum absolute atomic E-state index is 0.0500. The van der Waals surface area contributed by atoms with Crippen LogP contribution in [0, 0.1) is 5.92 Å². The van der Waals surface area contributed by atoms with E-state index in [-0.39, 0.29) is 25.0 Å². The molecule has 1 atom stereocenters. The Bertz CT molecular complexity index is 713. The van der Waals surface area contributed by atoms with Crippen LogP contribution in [-0.2, 0) is 23.9 Å². The summed E-state index contributed by atoms with van der Waals surface area (Å²) in [6, 6.07) is 7.57. The van der Waals surface area contributed by atoms with Crippen molar-refractivity contribution in [3.8, 4) is 0 Å². The summed E-state index contributed by atoms with van der Waals surface area (Å²) in [7, 11) is 0. The summed E-state index contributed by atoms with van der Waals surface area (Å²) in [4.78, 5) is 40.0. The molecule has 2 saturated heterocycles. The molecule has 1 unspecified atom stereocenters. The Hall–Kier alpha value is -2.61. The van der Waals surface area contributed by atoms with Crippen LogP contribution in [0.3, 0.4) is 0 Å². The lowest BCUT2D eigenvalue weighted by atomic mass is 10.1. The van der Waals surface area contributed by atoms with E-state index in [1.165, 1.54) is 0 Å². The third-order valence-corrected chi connectivity index (χ3v) is 4.99. The topological polar surface area (TPSA) is 88.2 Å². The zero-order valence-corrected chi connectivity index (χ0v) is 16.3. The molecule has 2 fully saturated rings. The molecule has 8 nitrogen and oxygen atoms in total. The maximum atomic E-state index is 12.1. The summed E-state index contributed by atoms with van der Waals surface area (Å²) < 4.78 is 10.4. The van der Waals surface area contributed by atoms with Crippen LogP contribution in [0.25, 0.3) is 0 Å². The van der Waals surface area contributed by atoms with Crippen molar-refractivity contribution in [2.45, 2.75) is 26.3 Å². The second kappa shape index (κ2) is 9.05. The summed E-state index contributed by atoms with van der Waals surface area (Å²) >= 11 is 0. The first kappa shape index (κ1) is 20.1. The largest absolute Gasteiger partial charge is 0.455 e. The predicted octanol–water partition coefficient (Wildman–Crippen LogP) is 1.26. The summed E-state index contributed by atoms with van der Waals surface area (Å²) in [5.41, 5.74) is 1.72. The van der Waals surface area contributed by atoms with Crippen molar-refractivity contribution in [3.05, 3.63) is 24.3 Å². The molecule has 0 saturated carbocycles. The molecular weight excluding hydrogens is 362 g/mol. The zero-order chi connectivity index (χ0) is 20.1. The number of likely N-dealkylation sites (tertiary alicyclic amines) is 1. The molecule has 0 spiro atoms. The van der Waals surface area contributed by atoms with Gasteiger partial charge in [0, 0.05) is 43.5 Å². The summed E-state index contributed by atoms with van der Waals surface area (Å²) in [5, 5.41) is 2.72. The smallest absolute Gasteiger partial charge is 0.311 e. The van der Waals surface area contributed by atoms with Gasteiger partial charge >= 0.3 is 5.97 Å².